The molecule has 1 amide bonds. The summed E-state index contributed by atoms with van der Waals surface area (Å²) in [4.78, 5) is 21.9. The van der Waals surface area contributed by atoms with Crippen molar-refractivity contribution in [2.75, 3.05) is 13.1 Å². The third-order valence-electron chi connectivity index (χ3n) is 1.78. The van der Waals surface area contributed by atoms with Crippen LogP contribution in [0.2, 0.25) is 0 Å². The van der Waals surface area contributed by atoms with Crippen LogP contribution in [0.5, 0.6) is 0 Å². The van der Waals surface area contributed by atoms with Crippen molar-refractivity contribution >= 4 is 11.9 Å². The van der Waals surface area contributed by atoms with E-state index in [1.54, 1.807) is 6.08 Å². The van der Waals surface area contributed by atoms with Crippen LogP contribution in [0, 0.1) is 0 Å². The van der Waals surface area contributed by atoms with E-state index < -0.39 is 12.0 Å². The van der Waals surface area contributed by atoms with Gasteiger partial charge in [-0.15, -0.1) is 6.58 Å². The van der Waals surface area contributed by atoms with Gasteiger partial charge in [0.15, 0.2) is 0 Å². The molecule has 0 fully saturated rings. The lowest BCUT2D eigenvalue weighted by Gasteiger charge is -2.13. The first-order chi connectivity index (χ1) is 7.11. The number of carboxylic acid groups (broad SMARTS) is 1. The Morgan fingerprint density at radius 1 is 1.53 bits per heavy atom. The average molecular weight is 214 g/mol. The van der Waals surface area contributed by atoms with Crippen molar-refractivity contribution in [3.05, 3.63) is 12.7 Å². The van der Waals surface area contributed by atoms with E-state index in [4.69, 9.17) is 5.11 Å². The molecule has 3 N–H and O–H groups in total. The molecule has 0 aliphatic heterocycles. The smallest absolute Gasteiger partial charge is 0.326 e. The van der Waals surface area contributed by atoms with Gasteiger partial charge in [0.05, 0.1) is 6.54 Å². The minimum absolute atomic E-state index is 0.111. The zero-order valence-electron chi connectivity index (χ0n) is 8.95. The molecule has 0 spiro atoms. The van der Waals surface area contributed by atoms with Crippen molar-refractivity contribution in [3.8, 4) is 0 Å². The van der Waals surface area contributed by atoms with Crippen molar-refractivity contribution in [2.24, 2.45) is 0 Å². The van der Waals surface area contributed by atoms with E-state index in [1.807, 2.05) is 6.92 Å². The number of carbonyl (C=O) groups is 2. The summed E-state index contributed by atoms with van der Waals surface area (Å²) < 4.78 is 0. The predicted octanol–water partition coefficient (Wildman–Crippen LogP) is 0.131. The molecule has 0 aromatic heterocycles. The maximum absolute atomic E-state index is 11.2. The minimum atomic E-state index is -0.992. The van der Waals surface area contributed by atoms with E-state index >= 15 is 0 Å². The lowest BCUT2D eigenvalue weighted by molar-refractivity contribution is -0.141. The second-order valence-corrected chi connectivity index (χ2v) is 3.17. The highest BCUT2D eigenvalue weighted by Gasteiger charge is 2.17. The molecule has 0 saturated carbocycles. The van der Waals surface area contributed by atoms with Gasteiger partial charge in [-0.1, -0.05) is 19.4 Å². The molecule has 1 atom stereocenters. The molecule has 5 heteroatoms. The molecule has 86 valence electrons. The second-order valence-electron chi connectivity index (χ2n) is 3.17. The third-order valence-corrected chi connectivity index (χ3v) is 1.78. The van der Waals surface area contributed by atoms with Crippen molar-refractivity contribution in [1.29, 1.82) is 0 Å². The van der Waals surface area contributed by atoms with Gasteiger partial charge in [0, 0.05) is 6.54 Å². The van der Waals surface area contributed by atoms with Gasteiger partial charge in [-0.3, -0.25) is 4.79 Å². The number of rotatable bonds is 8. The molecular weight excluding hydrogens is 196 g/mol. The normalized spacial score (nSPS) is 11.8. The summed E-state index contributed by atoms with van der Waals surface area (Å²) in [5, 5.41) is 14.0. The highest BCUT2D eigenvalue weighted by Crippen LogP contribution is 1.96. The van der Waals surface area contributed by atoms with Crippen molar-refractivity contribution in [3.63, 3.8) is 0 Å². The van der Waals surface area contributed by atoms with Crippen LogP contribution in [0.4, 0.5) is 0 Å². The Labute approximate surface area is 89.6 Å². The van der Waals surface area contributed by atoms with Gasteiger partial charge >= 0.3 is 5.97 Å². The zero-order valence-corrected chi connectivity index (χ0v) is 8.95. The van der Waals surface area contributed by atoms with Crippen molar-refractivity contribution in [2.45, 2.75) is 25.8 Å². The van der Waals surface area contributed by atoms with Crippen LogP contribution in [-0.4, -0.2) is 36.1 Å². The van der Waals surface area contributed by atoms with Crippen LogP contribution in [-0.2, 0) is 9.59 Å². The molecule has 1 unspecified atom stereocenters. The summed E-state index contributed by atoms with van der Waals surface area (Å²) in [6.45, 7) is 6.00. The fourth-order valence-corrected chi connectivity index (χ4v) is 1.08. The number of hydrogen-bond donors (Lipinski definition) is 3. The van der Waals surface area contributed by atoms with Crippen LogP contribution in [0.25, 0.3) is 0 Å². The zero-order chi connectivity index (χ0) is 11.7. The molecule has 0 radical (unpaired) electrons. The molecule has 0 aliphatic carbocycles. The highest BCUT2D eigenvalue weighted by molar-refractivity contribution is 5.84. The number of aliphatic carboxylic acids is 1. The number of amides is 1. The minimum Gasteiger partial charge on any atom is -0.480 e. The van der Waals surface area contributed by atoms with Crippen LogP contribution in [0.15, 0.2) is 12.7 Å². The number of hydrogen-bond acceptors (Lipinski definition) is 3. The van der Waals surface area contributed by atoms with E-state index in [0.717, 1.165) is 6.42 Å². The summed E-state index contributed by atoms with van der Waals surface area (Å²) in [5.41, 5.74) is 0. The van der Waals surface area contributed by atoms with E-state index in [0.29, 0.717) is 13.0 Å². The Morgan fingerprint density at radius 3 is 2.67 bits per heavy atom. The van der Waals surface area contributed by atoms with E-state index in [-0.39, 0.29) is 12.5 Å². The molecule has 0 rings (SSSR count). The Kier molecular flexibility index (Phi) is 7.27. The third kappa shape index (κ3) is 6.68. The van der Waals surface area contributed by atoms with Crippen molar-refractivity contribution in [1.82, 2.24) is 10.6 Å². The van der Waals surface area contributed by atoms with Gasteiger partial charge in [-0.2, -0.15) is 0 Å². The van der Waals surface area contributed by atoms with Gasteiger partial charge in [-0.25, -0.2) is 4.79 Å². The standard InChI is InChI=1S/C10H18N2O3/c1-3-5-8(10(14)15)12-9(13)7-11-6-4-2/h4,8,11H,2-3,5-7H2,1H3,(H,12,13)(H,14,15). The first kappa shape index (κ1) is 13.6. The number of nitrogens with one attached hydrogen (secondary N) is 2. The van der Waals surface area contributed by atoms with Gasteiger partial charge < -0.3 is 15.7 Å². The molecule has 0 aromatic carbocycles. The second kappa shape index (κ2) is 7.99. The lowest BCUT2D eigenvalue weighted by atomic mass is 10.1. The van der Waals surface area contributed by atoms with Gasteiger partial charge in [0.1, 0.15) is 6.04 Å². The Hall–Kier alpha value is -1.36. The molecule has 15 heavy (non-hydrogen) atoms. The Bertz CT molecular complexity index is 229. The predicted molar refractivity (Wildman–Crippen MR) is 57.5 cm³/mol. The monoisotopic (exact) mass is 214 g/mol. The largest absolute Gasteiger partial charge is 0.480 e. The number of carboxylic acids is 1. The first-order valence-electron chi connectivity index (χ1n) is 4.95. The molecule has 0 heterocycles. The molecular formula is C10H18N2O3. The topological polar surface area (TPSA) is 78.4 Å². The fourth-order valence-electron chi connectivity index (χ4n) is 1.08. The molecule has 5 nitrogen and oxygen atoms in total. The maximum Gasteiger partial charge on any atom is 0.326 e. The van der Waals surface area contributed by atoms with Gasteiger partial charge in [-0.05, 0) is 6.42 Å². The fraction of sp³-hybridized carbons (Fsp3) is 0.600. The maximum atomic E-state index is 11.2. The Morgan fingerprint density at radius 2 is 2.20 bits per heavy atom. The van der Waals surface area contributed by atoms with Crippen molar-refractivity contribution < 1.29 is 14.7 Å². The lowest BCUT2D eigenvalue weighted by Crippen LogP contribution is -2.44. The van der Waals surface area contributed by atoms with Crippen LogP contribution in [0.3, 0.4) is 0 Å². The average Bonchev–Trinajstić information content (AvgIpc) is 2.17. The van der Waals surface area contributed by atoms with Gasteiger partial charge in [0.2, 0.25) is 5.91 Å². The Balaban J connectivity index is 3.88. The quantitative estimate of drug-likeness (QED) is 0.396. The first-order valence-corrected chi connectivity index (χ1v) is 4.95. The van der Waals surface area contributed by atoms with E-state index in [1.165, 1.54) is 0 Å². The molecule has 0 aromatic rings. The molecule has 0 aliphatic rings. The van der Waals surface area contributed by atoms with Crippen LogP contribution >= 0.6 is 0 Å². The number of carbonyl (C=O) groups excluding carboxylic acids is 1. The van der Waals surface area contributed by atoms with Crippen LogP contribution in [0.1, 0.15) is 19.8 Å². The molecule has 0 saturated heterocycles. The molecule has 0 bridgehead atoms. The van der Waals surface area contributed by atoms with Gasteiger partial charge in [0.25, 0.3) is 0 Å². The highest BCUT2D eigenvalue weighted by atomic mass is 16.4. The van der Waals surface area contributed by atoms with E-state index in [9.17, 15) is 9.59 Å². The summed E-state index contributed by atoms with van der Waals surface area (Å²) in [6, 6.07) is -0.784. The van der Waals surface area contributed by atoms with Crippen LogP contribution < -0.4 is 10.6 Å². The summed E-state index contributed by atoms with van der Waals surface area (Å²) >= 11 is 0. The summed E-state index contributed by atoms with van der Waals surface area (Å²) in [7, 11) is 0. The van der Waals surface area contributed by atoms with E-state index in [2.05, 4.69) is 17.2 Å². The SMILES string of the molecule is C=CCNCC(=O)NC(CCC)C(=O)O. The summed E-state index contributed by atoms with van der Waals surface area (Å²) in [5.74, 6) is -1.30. The summed E-state index contributed by atoms with van der Waals surface area (Å²) in [6.07, 6.45) is 2.80.